The van der Waals surface area contributed by atoms with Crippen molar-refractivity contribution in [2.75, 3.05) is 12.4 Å². The minimum atomic E-state index is -5.08. The molecule has 2 aromatic heterocycles. The molecule has 0 aromatic carbocycles. The van der Waals surface area contributed by atoms with E-state index in [0.717, 1.165) is 16.1 Å². The summed E-state index contributed by atoms with van der Waals surface area (Å²) in [5.41, 5.74) is 1.83. The number of carbonyl (C=O) groups excluding carboxylic acids is 1. The topological polar surface area (TPSA) is 101 Å². The monoisotopic (exact) mass is 377 g/mol. The third-order valence-electron chi connectivity index (χ3n) is 2.53. The molecule has 0 bridgehead atoms. The van der Waals surface area contributed by atoms with Gasteiger partial charge in [0.05, 0.1) is 17.7 Å². The average Bonchev–Trinajstić information content (AvgIpc) is 2.86. The number of nitrogens with zero attached hydrogens (tertiary/aromatic N) is 2. The predicted molar refractivity (Wildman–Crippen MR) is 84.6 cm³/mol. The number of aliphatic carboxylic acids is 1. The van der Waals surface area contributed by atoms with E-state index >= 15 is 0 Å². The molecule has 136 valence electrons. The van der Waals surface area contributed by atoms with Gasteiger partial charge in [-0.05, 0) is 13.0 Å². The molecule has 1 amide bonds. The lowest BCUT2D eigenvalue weighted by Gasteiger charge is -2.00. The molecule has 2 aromatic rings. The van der Waals surface area contributed by atoms with E-state index in [9.17, 15) is 18.0 Å². The van der Waals surface area contributed by atoms with E-state index in [-0.39, 0.29) is 5.91 Å². The summed E-state index contributed by atoms with van der Waals surface area (Å²) in [5, 5.41) is 10.4. The molecule has 2 heterocycles. The molecule has 2 N–H and O–H groups in total. The molecular formula is C14H14F3N3O4S. The fourth-order valence-electron chi connectivity index (χ4n) is 1.50. The Hall–Kier alpha value is -2.69. The minimum absolute atomic E-state index is 0.122. The van der Waals surface area contributed by atoms with Gasteiger partial charge in [0.1, 0.15) is 0 Å². The number of halogens is 3. The Morgan fingerprint density at radius 1 is 1.32 bits per heavy atom. The lowest BCUT2D eigenvalue weighted by Crippen LogP contribution is -2.21. The summed E-state index contributed by atoms with van der Waals surface area (Å²) in [5.74, 6) is -2.31. The van der Waals surface area contributed by atoms with Gasteiger partial charge in [0.2, 0.25) is 11.8 Å². The van der Waals surface area contributed by atoms with Crippen molar-refractivity contribution in [1.29, 1.82) is 0 Å². The second kappa shape index (κ2) is 8.42. The second-order valence-electron chi connectivity index (χ2n) is 4.51. The summed E-state index contributed by atoms with van der Waals surface area (Å²) in [6.07, 6.45) is -3.35. The van der Waals surface area contributed by atoms with Crippen LogP contribution in [0.2, 0.25) is 0 Å². The Labute approximate surface area is 144 Å². The van der Waals surface area contributed by atoms with Crippen LogP contribution in [-0.2, 0) is 9.59 Å². The number of thiazole rings is 1. The van der Waals surface area contributed by atoms with Crippen LogP contribution < -0.4 is 10.1 Å². The normalized spacial score (nSPS) is 10.5. The van der Waals surface area contributed by atoms with Crippen LogP contribution >= 0.6 is 11.3 Å². The van der Waals surface area contributed by atoms with Crippen LogP contribution in [0.4, 0.5) is 18.3 Å². The Kier molecular flexibility index (Phi) is 6.86. The van der Waals surface area contributed by atoms with Crippen molar-refractivity contribution in [1.82, 2.24) is 9.97 Å². The van der Waals surface area contributed by atoms with E-state index in [1.54, 1.807) is 19.4 Å². The van der Waals surface area contributed by atoms with Crippen LogP contribution in [0.15, 0.2) is 18.3 Å². The molecule has 0 atom stereocenters. The summed E-state index contributed by atoms with van der Waals surface area (Å²) in [4.78, 5) is 29.3. The molecule has 0 fully saturated rings. The number of hydrogen-bond acceptors (Lipinski definition) is 6. The Morgan fingerprint density at radius 3 is 2.32 bits per heavy atom. The van der Waals surface area contributed by atoms with Crippen molar-refractivity contribution in [3.05, 3.63) is 24.0 Å². The van der Waals surface area contributed by atoms with Crippen molar-refractivity contribution < 1.29 is 32.6 Å². The summed E-state index contributed by atoms with van der Waals surface area (Å²) in [6.45, 7) is 3.37. The molecular weight excluding hydrogens is 363 g/mol. The molecule has 0 aliphatic carbocycles. The lowest BCUT2D eigenvalue weighted by atomic mass is 10.2. The molecule has 7 nitrogen and oxygen atoms in total. The molecule has 0 aliphatic heterocycles. The number of amides is 1. The Balaban J connectivity index is 0.000000381. The number of ether oxygens (including phenoxy) is 1. The second-order valence-corrected chi connectivity index (χ2v) is 5.51. The van der Waals surface area contributed by atoms with Crippen molar-refractivity contribution in [2.24, 2.45) is 0 Å². The number of rotatable bonds is 3. The number of carboxylic acid groups (broad SMARTS) is 1. The van der Waals surface area contributed by atoms with Crippen LogP contribution in [0, 0.1) is 6.92 Å². The van der Waals surface area contributed by atoms with Gasteiger partial charge in [-0.3, -0.25) is 4.79 Å². The van der Waals surface area contributed by atoms with Crippen LogP contribution in [0.25, 0.3) is 10.4 Å². The zero-order chi connectivity index (χ0) is 19.2. The zero-order valence-corrected chi connectivity index (χ0v) is 14.2. The number of aryl methyl sites for hydroxylation is 1. The van der Waals surface area contributed by atoms with Gasteiger partial charge in [0, 0.05) is 24.8 Å². The van der Waals surface area contributed by atoms with Crippen LogP contribution in [0.3, 0.4) is 0 Å². The average molecular weight is 377 g/mol. The fraction of sp³-hybridized carbons (Fsp3) is 0.286. The van der Waals surface area contributed by atoms with Crippen LogP contribution in [-0.4, -0.2) is 40.2 Å². The molecule has 25 heavy (non-hydrogen) atoms. The maximum Gasteiger partial charge on any atom is 0.490 e. The summed E-state index contributed by atoms with van der Waals surface area (Å²) < 4.78 is 36.7. The highest BCUT2D eigenvalue weighted by Crippen LogP contribution is 2.32. The van der Waals surface area contributed by atoms with E-state index in [1.165, 1.54) is 18.3 Å². The van der Waals surface area contributed by atoms with Gasteiger partial charge >= 0.3 is 12.1 Å². The number of anilines is 1. The van der Waals surface area contributed by atoms with E-state index in [1.807, 2.05) is 13.0 Å². The maximum atomic E-state index is 11.0. The van der Waals surface area contributed by atoms with Gasteiger partial charge in [-0.25, -0.2) is 14.8 Å². The first-order chi connectivity index (χ1) is 11.5. The van der Waals surface area contributed by atoms with Gasteiger partial charge in [-0.15, -0.1) is 0 Å². The third kappa shape index (κ3) is 6.37. The molecule has 0 aliphatic rings. The highest BCUT2D eigenvalue weighted by atomic mass is 32.1. The minimum Gasteiger partial charge on any atom is -0.481 e. The molecule has 0 saturated heterocycles. The molecule has 0 spiro atoms. The van der Waals surface area contributed by atoms with Gasteiger partial charge in [0.15, 0.2) is 5.13 Å². The Bertz CT molecular complexity index is 745. The molecule has 0 saturated carbocycles. The van der Waals surface area contributed by atoms with E-state index in [0.29, 0.717) is 11.0 Å². The first-order valence-corrected chi connectivity index (χ1v) is 7.41. The molecule has 0 unspecified atom stereocenters. The highest BCUT2D eigenvalue weighted by Gasteiger charge is 2.38. The number of hydrogen-bond donors (Lipinski definition) is 2. The van der Waals surface area contributed by atoms with Crippen molar-refractivity contribution in [2.45, 2.75) is 20.0 Å². The Morgan fingerprint density at radius 2 is 1.92 bits per heavy atom. The number of aromatic nitrogens is 2. The number of carboxylic acids is 1. The number of carbonyl (C=O) groups is 2. The smallest absolute Gasteiger partial charge is 0.481 e. The van der Waals surface area contributed by atoms with Gasteiger partial charge in [-0.1, -0.05) is 11.3 Å². The maximum absolute atomic E-state index is 11.0. The van der Waals surface area contributed by atoms with Crippen LogP contribution in [0.5, 0.6) is 5.88 Å². The van der Waals surface area contributed by atoms with E-state index in [4.69, 9.17) is 14.6 Å². The fourth-order valence-corrected chi connectivity index (χ4v) is 2.51. The third-order valence-corrected chi connectivity index (χ3v) is 3.65. The van der Waals surface area contributed by atoms with E-state index in [2.05, 4.69) is 15.3 Å². The number of methoxy groups -OCH3 is 1. The molecule has 2 rings (SSSR count). The molecule has 0 radical (unpaired) electrons. The van der Waals surface area contributed by atoms with Crippen molar-refractivity contribution in [3.8, 4) is 16.3 Å². The first kappa shape index (κ1) is 20.4. The summed E-state index contributed by atoms with van der Waals surface area (Å²) in [7, 11) is 1.58. The van der Waals surface area contributed by atoms with Crippen molar-refractivity contribution in [3.63, 3.8) is 0 Å². The number of pyridine rings is 1. The largest absolute Gasteiger partial charge is 0.490 e. The number of nitrogens with one attached hydrogen (secondary N) is 1. The lowest BCUT2D eigenvalue weighted by molar-refractivity contribution is -0.192. The highest BCUT2D eigenvalue weighted by molar-refractivity contribution is 7.19. The SMILES string of the molecule is COc1ccc(-c2sc(NC(C)=O)nc2C)cn1.O=C(O)C(F)(F)F. The van der Waals surface area contributed by atoms with Crippen LogP contribution in [0.1, 0.15) is 12.6 Å². The van der Waals surface area contributed by atoms with E-state index < -0.39 is 12.1 Å². The van der Waals surface area contributed by atoms with Gasteiger partial charge < -0.3 is 15.2 Å². The summed E-state index contributed by atoms with van der Waals surface area (Å²) >= 11 is 1.43. The molecule has 11 heteroatoms. The number of alkyl halides is 3. The first-order valence-electron chi connectivity index (χ1n) is 6.60. The van der Waals surface area contributed by atoms with Crippen molar-refractivity contribution >= 4 is 28.3 Å². The quantitative estimate of drug-likeness (QED) is 0.852. The predicted octanol–water partition coefficient (Wildman–Crippen LogP) is 3.11. The zero-order valence-electron chi connectivity index (χ0n) is 13.3. The standard InChI is InChI=1S/C12H13N3O2S.C2HF3O2/c1-7-11(18-12(14-7)15-8(2)16)9-4-5-10(17-3)13-6-9;3-2(4,5)1(6)7/h4-6H,1-3H3,(H,14,15,16);(H,6,7). The van der Waals surface area contributed by atoms with Gasteiger partial charge in [0.25, 0.3) is 0 Å². The summed E-state index contributed by atoms with van der Waals surface area (Å²) in [6, 6.07) is 3.72. The van der Waals surface area contributed by atoms with Gasteiger partial charge in [-0.2, -0.15) is 13.2 Å².